The Hall–Kier alpha value is -2.19. The first-order valence-corrected chi connectivity index (χ1v) is 10.1. The van der Waals surface area contributed by atoms with Crippen LogP contribution in [-0.2, 0) is 10.0 Å². The summed E-state index contributed by atoms with van der Waals surface area (Å²) in [6.07, 6.45) is 7.85. The average Bonchev–Trinajstić information content (AvgIpc) is 3.20. The molecule has 3 aromatic rings. The quantitative estimate of drug-likeness (QED) is 0.743. The lowest BCUT2D eigenvalue weighted by atomic mass is 10.1. The molecule has 4 heterocycles. The van der Waals surface area contributed by atoms with E-state index in [9.17, 15) is 8.42 Å². The minimum Gasteiger partial charge on any atom is -0.369 e. The lowest BCUT2D eigenvalue weighted by molar-refractivity contribution is 0.560. The molecule has 1 saturated heterocycles. The van der Waals surface area contributed by atoms with Gasteiger partial charge in [0.25, 0.3) is 0 Å². The number of aromatic amines is 1. The molecule has 0 amide bonds. The average molecular weight is 357 g/mol. The second-order valence-corrected chi connectivity index (χ2v) is 8.87. The first-order chi connectivity index (χ1) is 12.1. The van der Waals surface area contributed by atoms with Gasteiger partial charge in [0, 0.05) is 48.0 Å². The standard InChI is InChI=1S/C17H19N5O2S/c23-25(24,12-1-2-12)21-11-5-8-22(10-11)15-4-7-18-14-9-20-17-13(16(14)15)3-6-19-17/h3-4,6-7,9,11-12,21H,1-2,5,8,10H2,(H,19,20). The fourth-order valence-electron chi connectivity index (χ4n) is 3.68. The molecule has 7 nitrogen and oxygen atoms in total. The van der Waals surface area contributed by atoms with E-state index in [4.69, 9.17) is 0 Å². The number of fused-ring (bicyclic) bond motifs is 3. The Morgan fingerprint density at radius 2 is 2.08 bits per heavy atom. The smallest absolute Gasteiger partial charge is 0.214 e. The molecule has 1 saturated carbocycles. The summed E-state index contributed by atoms with van der Waals surface area (Å²) in [5.74, 6) is 0. The van der Waals surface area contributed by atoms with Crippen molar-refractivity contribution in [2.24, 2.45) is 0 Å². The van der Waals surface area contributed by atoms with Crippen molar-refractivity contribution in [2.45, 2.75) is 30.6 Å². The second kappa shape index (κ2) is 5.40. The van der Waals surface area contributed by atoms with Gasteiger partial charge in [0.2, 0.25) is 10.0 Å². The van der Waals surface area contributed by atoms with Gasteiger partial charge in [0.05, 0.1) is 17.0 Å². The summed E-state index contributed by atoms with van der Waals surface area (Å²) in [6, 6.07) is 3.99. The van der Waals surface area contributed by atoms with Crippen molar-refractivity contribution >= 4 is 37.6 Å². The molecule has 3 aromatic heterocycles. The van der Waals surface area contributed by atoms with E-state index < -0.39 is 10.0 Å². The summed E-state index contributed by atoms with van der Waals surface area (Å²) in [5, 5.41) is 1.94. The summed E-state index contributed by atoms with van der Waals surface area (Å²) in [4.78, 5) is 14.2. The van der Waals surface area contributed by atoms with Crippen LogP contribution in [0.1, 0.15) is 19.3 Å². The minimum absolute atomic E-state index is 0.0302. The molecule has 0 radical (unpaired) electrons. The highest BCUT2D eigenvalue weighted by molar-refractivity contribution is 7.90. The molecular weight excluding hydrogens is 338 g/mol. The zero-order chi connectivity index (χ0) is 17.0. The van der Waals surface area contributed by atoms with Gasteiger partial charge in [-0.15, -0.1) is 0 Å². The van der Waals surface area contributed by atoms with Crippen molar-refractivity contribution in [2.75, 3.05) is 18.0 Å². The van der Waals surface area contributed by atoms with E-state index in [1.165, 1.54) is 0 Å². The Morgan fingerprint density at radius 3 is 2.92 bits per heavy atom. The fraction of sp³-hybridized carbons (Fsp3) is 0.412. The van der Waals surface area contributed by atoms with Gasteiger partial charge in [-0.2, -0.15) is 0 Å². The molecule has 0 aromatic carbocycles. The number of H-pyrrole nitrogens is 1. The van der Waals surface area contributed by atoms with Crippen molar-refractivity contribution in [3.8, 4) is 0 Å². The predicted octanol–water partition coefficient (Wildman–Crippen LogP) is 1.77. The number of nitrogens with one attached hydrogen (secondary N) is 2. The van der Waals surface area contributed by atoms with E-state index in [2.05, 4.69) is 24.6 Å². The first kappa shape index (κ1) is 15.1. The van der Waals surface area contributed by atoms with Crippen LogP contribution in [0.2, 0.25) is 0 Å². The van der Waals surface area contributed by atoms with Crippen molar-refractivity contribution < 1.29 is 8.42 Å². The molecule has 25 heavy (non-hydrogen) atoms. The minimum atomic E-state index is -3.15. The van der Waals surface area contributed by atoms with Crippen LogP contribution in [0.4, 0.5) is 5.69 Å². The number of hydrogen-bond donors (Lipinski definition) is 2. The van der Waals surface area contributed by atoms with Crippen LogP contribution in [-0.4, -0.2) is 47.8 Å². The van der Waals surface area contributed by atoms with Crippen molar-refractivity contribution in [3.63, 3.8) is 0 Å². The Balaban J connectivity index is 1.48. The van der Waals surface area contributed by atoms with Crippen LogP contribution in [0.15, 0.2) is 30.7 Å². The summed E-state index contributed by atoms with van der Waals surface area (Å²) in [6.45, 7) is 1.50. The maximum Gasteiger partial charge on any atom is 0.214 e. The van der Waals surface area contributed by atoms with Crippen molar-refractivity contribution in [1.82, 2.24) is 19.7 Å². The van der Waals surface area contributed by atoms with E-state index in [1.54, 1.807) is 12.4 Å². The summed E-state index contributed by atoms with van der Waals surface area (Å²) in [5.41, 5.74) is 2.78. The Kier molecular flexibility index (Phi) is 3.26. The highest BCUT2D eigenvalue weighted by Crippen LogP contribution is 2.33. The summed E-state index contributed by atoms with van der Waals surface area (Å²) >= 11 is 0. The Morgan fingerprint density at radius 1 is 1.20 bits per heavy atom. The largest absolute Gasteiger partial charge is 0.369 e. The number of nitrogens with zero attached hydrogens (tertiary/aromatic N) is 3. The number of rotatable bonds is 4. The van der Waals surface area contributed by atoms with Crippen LogP contribution < -0.4 is 9.62 Å². The molecule has 1 atom stereocenters. The zero-order valence-electron chi connectivity index (χ0n) is 13.6. The molecule has 1 aliphatic heterocycles. The van der Waals surface area contributed by atoms with E-state index >= 15 is 0 Å². The van der Waals surface area contributed by atoms with Gasteiger partial charge in [-0.1, -0.05) is 0 Å². The van der Waals surface area contributed by atoms with Gasteiger partial charge in [-0.05, 0) is 31.4 Å². The van der Waals surface area contributed by atoms with E-state index in [1.807, 2.05) is 18.3 Å². The third-order valence-electron chi connectivity index (χ3n) is 5.09. The van der Waals surface area contributed by atoms with Crippen LogP contribution in [0.5, 0.6) is 0 Å². The molecule has 2 N–H and O–H groups in total. The molecule has 0 spiro atoms. The number of hydrogen-bond acceptors (Lipinski definition) is 5. The van der Waals surface area contributed by atoms with Gasteiger partial charge in [-0.3, -0.25) is 4.98 Å². The lowest BCUT2D eigenvalue weighted by Crippen LogP contribution is -2.38. The zero-order valence-corrected chi connectivity index (χ0v) is 14.5. The van der Waals surface area contributed by atoms with E-state index in [0.29, 0.717) is 6.54 Å². The van der Waals surface area contributed by atoms with E-state index in [0.717, 1.165) is 53.4 Å². The molecule has 2 fully saturated rings. The maximum atomic E-state index is 12.2. The van der Waals surface area contributed by atoms with E-state index in [-0.39, 0.29) is 11.3 Å². The third-order valence-corrected chi connectivity index (χ3v) is 7.10. The fourth-order valence-corrected chi connectivity index (χ4v) is 5.29. The molecule has 1 unspecified atom stereocenters. The Bertz CT molecular complexity index is 1060. The van der Waals surface area contributed by atoms with Crippen LogP contribution in [0.25, 0.3) is 21.9 Å². The van der Waals surface area contributed by atoms with Crippen molar-refractivity contribution in [1.29, 1.82) is 0 Å². The molecule has 2 aliphatic rings. The third kappa shape index (κ3) is 2.56. The van der Waals surface area contributed by atoms with Crippen molar-refractivity contribution in [3.05, 3.63) is 30.7 Å². The Labute approximate surface area is 145 Å². The predicted molar refractivity (Wildman–Crippen MR) is 97.1 cm³/mol. The monoisotopic (exact) mass is 357 g/mol. The number of anilines is 1. The second-order valence-electron chi connectivity index (χ2n) is 6.88. The number of sulfonamides is 1. The highest BCUT2D eigenvalue weighted by atomic mass is 32.2. The van der Waals surface area contributed by atoms with Gasteiger partial charge in [0.1, 0.15) is 5.65 Å². The molecule has 1 aliphatic carbocycles. The highest BCUT2D eigenvalue weighted by Gasteiger charge is 2.38. The first-order valence-electron chi connectivity index (χ1n) is 8.59. The molecule has 5 rings (SSSR count). The van der Waals surface area contributed by atoms with Crippen LogP contribution in [0, 0.1) is 0 Å². The number of pyridine rings is 2. The molecule has 0 bridgehead atoms. The topological polar surface area (TPSA) is 91.0 Å². The van der Waals surface area contributed by atoms with Crippen LogP contribution >= 0.6 is 0 Å². The van der Waals surface area contributed by atoms with Gasteiger partial charge < -0.3 is 9.88 Å². The molecule has 130 valence electrons. The van der Waals surface area contributed by atoms with Gasteiger partial charge in [0.15, 0.2) is 0 Å². The van der Waals surface area contributed by atoms with Crippen LogP contribution in [0.3, 0.4) is 0 Å². The van der Waals surface area contributed by atoms with Gasteiger partial charge >= 0.3 is 0 Å². The lowest BCUT2D eigenvalue weighted by Gasteiger charge is -2.21. The van der Waals surface area contributed by atoms with Gasteiger partial charge in [-0.25, -0.2) is 18.1 Å². The summed E-state index contributed by atoms with van der Waals surface area (Å²) < 4.78 is 27.3. The SMILES string of the molecule is O=S(=O)(NC1CCN(c2ccnc3cnc4[nH]ccc4c23)C1)C1CC1. The molecular formula is C17H19N5O2S. The number of aromatic nitrogens is 3. The maximum absolute atomic E-state index is 12.2. The molecule has 8 heteroatoms. The normalized spacial score (nSPS) is 21.4. The summed E-state index contributed by atoms with van der Waals surface area (Å²) in [7, 11) is -3.15.